The number of ether oxygens (including phenoxy) is 1. The third-order valence-electron chi connectivity index (χ3n) is 1.15. The molecule has 0 fully saturated rings. The predicted octanol–water partition coefficient (Wildman–Crippen LogP) is -0.337. The molecule has 0 saturated carbocycles. The lowest BCUT2D eigenvalue weighted by Gasteiger charge is -2.03. The Balaban J connectivity index is 2.58. The van der Waals surface area contributed by atoms with Gasteiger partial charge in [0, 0.05) is 6.42 Å². The van der Waals surface area contributed by atoms with Crippen molar-refractivity contribution < 1.29 is 14.9 Å². The molecule has 9 heavy (non-hydrogen) atoms. The molecule has 0 aromatic carbocycles. The third-order valence-corrected chi connectivity index (χ3v) is 1.15. The van der Waals surface area contributed by atoms with E-state index in [0.29, 0.717) is 6.42 Å². The maximum Gasteiger partial charge on any atom is 0.158 e. The summed E-state index contributed by atoms with van der Waals surface area (Å²) in [6, 6.07) is -0.479. The van der Waals surface area contributed by atoms with Crippen LogP contribution in [-0.4, -0.2) is 30.7 Å². The smallest absolute Gasteiger partial charge is 0.158 e. The molecule has 0 unspecified atom stereocenters. The van der Waals surface area contributed by atoms with Crippen LogP contribution < -0.4 is 0 Å². The number of rotatable bonds is 1. The zero-order chi connectivity index (χ0) is 6.85. The average Bonchev–Trinajstić information content (AvgIpc) is 2.10. The number of aliphatic hydroxyl groups is 2. The fourth-order valence-electron chi connectivity index (χ4n) is 0.725. The van der Waals surface area contributed by atoms with Crippen LogP contribution in [0.25, 0.3) is 0 Å². The van der Waals surface area contributed by atoms with E-state index in [4.69, 9.17) is 22.8 Å². The van der Waals surface area contributed by atoms with Crippen LogP contribution in [0.3, 0.4) is 0 Å². The summed E-state index contributed by atoms with van der Waals surface area (Å²) >= 11 is 0. The molecule has 1 rings (SSSR count). The Kier molecular flexibility index (Phi) is 1.66. The molecule has 1 heterocycles. The highest BCUT2D eigenvalue weighted by Gasteiger charge is 2.19. The molecule has 4 heteroatoms. The molecule has 0 saturated heterocycles. The molecule has 3 nitrogen and oxygen atoms in total. The molecule has 1 aliphatic rings. The first kappa shape index (κ1) is 6.48. The monoisotopic (exact) mass is 126 g/mol. The minimum Gasteiger partial charge on any atom is -0.509 e. The number of hydrogen-bond donors (Lipinski definition) is 2. The maximum atomic E-state index is 8.87. The van der Waals surface area contributed by atoms with E-state index in [1.54, 1.807) is 0 Å². The van der Waals surface area contributed by atoms with Crippen molar-refractivity contribution >= 4 is 7.85 Å². The van der Waals surface area contributed by atoms with Crippen molar-refractivity contribution in [1.82, 2.24) is 0 Å². The SMILES string of the molecule is [B][C@@H]1CC(O)=C(CO)O1. The first-order valence-electron chi connectivity index (χ1n) is 2.68. The predicted molar refractivity (Wildman–Crippen MR) is 32.0 cm³/mol. The number of hydrogen-bond acceptors (Lipinski definition) is 3. The van der Waals surface area contributed by atoms with Crippen molar-refractivity contribution in [1.29, 1.82) is 0 Å². The van der Waals surface area contributed by atoms with Crippen molar-refractivity contribution in [3.05, 3.63) is 11.5 Å². The topological polar surface area (TPSA) is 49.7 Å². The lowest BCUT2D eigenvalue weighted by Crippen LogP contribution is -2.05. The second kappa shape index (κ2) is 2.31. The van der Waals surface area contributed by atoms with E-state index in [-0.39, 0.29) is 18.1 Å². The van der Waals surface area contributed by atoms with Crippen molar-refractivity contribution in [2.75, 3.05) is 6.61 Å². The fraction of sp³-hybridized carbons (Fsp3) is 0.600. The van der Waals surface area contributed by atoms with Crippen LogP contribution >= 0.6 is 0 Å². The summed E-state index contributed by atoms with van der Waals surface area (Å²) in [7, 11) is 5.26. The van der Waals surface area contributed by atoms with Gasteiger partial charge in [-0.25, -0.2) is 0 Å². The highest BCUT2D eigenvalue weighted by Crippen LogP contribution is 2.19. The summed E-state index contributed by atoms with van der Waals surface area (Å²) in [5.74, 6) is 0.257. The molecule has 48 valence electrons. The highest BCUT2D eigenvalue weighted by atomic mass is 16.5. The van der Waals surface area contributed by atoms with Crippen LogP contribution in [0.1, 0.15) is 6.42 Å². The van der Waals surface area contributed by atoms with Crippen molar-refractivity contribution in [2.45, 2.75) is 12.4 Å². The molecule has 0 aromatic rings. The van der Waals surface area contributed by atoms with Gasteiger partial charge in [0.15, 0.2) is 5.76 Å². The van der Waals surface area contributed by atoms with Gasteiger partial charge in [-0.3, -0.25) is 0 Å². The Bertz CT molecular complexity index is 143. The van der Waals surface area contributed by atoms with E-state index in [2.05, 4.69) is 0 Å². The molecule has 0 amide bonds. The van der Waals surface area contributed by atoms with Gasteiger partial charge in [-0.05, 0) is 0 Å². The molecule has 0 aliphatic carbocycles. The maximum absolute atomic E-state index is 8.87. The van der Waals surface area contributed by atoms with E-state index in [9.17, 15) is 0 Å². The molecular weight excluding hydrogens is 119 g/mol. The van der Waals surface area contributed by atoms with E-state index < -0.39 is 6.00 Å². The van der Waals surface area contributed by atoms with Gasteiger partial charge < -0.3 is 14.9 Å². The Morgan fingerprint density at radius 1 is 1.78 bits per heavy atom. The largest absolute Gasteiger partial charge is 0.509 e. The number of aliphatic hydroxyl groups excluding tert-OH is 2. The fourth-order valence-corrected chi connectivity index (χ4v) is 0.725. The molecular formula is C5H7BO3. The second-order valence-corrected chi connectivity index (χ2v) is 1.89. The summed E-state index contributed by atoms with van der Waals surface area (Å²) in [4.78, 5) is 0. The quantitative estimate of drug-likeness (QED) is 0.472. The van der Waals surface area contributed by atoms with Crippen molar-refractivity contribution in [2.24, 2.45) is 0 Å². The summed E-state index contributed by atoms with van der Waals surface area (Å²) in [6.07, 6.45) is 0.301. The molecule has 2 N–H and O–H groups in total. The van der Waals surface area contributed by atoms with Gasteiger partial charge in [-0.1, -0.05) is 0 Å². The highest BCUT2D eigenvalue weighted by molar-refractivity contribution is 6.11. The van der Waals surface area contributed by atoms with Gasteiger partial charge in [0.1, 0.15) is 20.2 Å². The van der Waals surface area contributed by atoms with Gasteiger partial charge in [0.05, 0.1) is 6.00 Å². The minimum absolute atomic E-state index is 0.0602. The Morgan fingerprint density at radius 2 is 2.44 bits per heavy atom. The van der Waals surface area contributed by atoms with Gasteiger partial charge >= 0.3 is 0 Å². The van der Waals surface area contributed by atoms with Crippen molar-refractivity contribution in [3.8, 4) is 0 Å². The molecule has 0 bridgehead atoms. The first-order valence-corrected chi connectivity index (χ1v) is 2.68. The first-order chi connectivity index (χ1) is 4.24. The summed E-state index contributed by atoms with van der Waals surface area (Å²) in [5.41, 5.74) is 0. The molecule has 2 radical (unpaired) electrons. The molecule has 0 aromatic heterocycles. The van der Waals surface area contributed by atoms with Crippen molar-refractivity contribution in [3.63, 3.8) is 0 Å². The lowest BCUT2D eigenvalue weighted by molar-refractivity contribution is 0.161. The second-order valence-electron chi connectivity index (χ2n) is 1.89. The van der Waals surface area contributed by atoms with Crippen LogP contribution in [-0.2, 0) is 4.74 Å². The Morgan fingerprint density at radius 3 is 2.67 bits per heavy atom. The lowest BCUT2D eigenvalue weighted by atomic mass is 9.98. The standard InChI is InChI=1S/C5H7BO3/c6-5-1-3(8)4(2-7)9-5/h5,7-8H,1-2H2/t5-/m0/s1. The third kappa shape index (κ3) is 1.19. The van der Waals surface area contributed by atoms with Gasteiger partial charge in [0.25, 0.3) is 0 Å². The van der Waals surface area contributed by atoms with E-state index in [1.807, 2.05) is 0 Å². The van der Waals surface area contributed by atoms with Gasteiger partial charge in [-0.15, -0.1) is 0 Å². The zero-order valence-corrected chi connectivity index (χ0v) is 4.87. The summed E-state index contributed by atoms with van der Waals surface area (Å²) in [6.45, 7) is -0.278. The van der Waals surface area contributed by atoms with Crippen LogP contribution in [0.15, 0.2) is 11.5 Å². The summed E-state index contributed by atoms with van der Waals surface area (Å²) in [5, 5.41) is 17.3. The summed E-state index contributed by atoms with van der Waals surface area (Å²) < 4.78 is 4.78. The zero-order valence-electron chi connectivity index (χ0n) is 4.87. The Hall–Kier alpha value is -0.635. The minimum atomic E-state index is -0.479. The molecule has 0 spiro atoms. The average molecular weight is 126 g/mol. The normalized spacial score (nSPS) is 26.6. The van der Waals surface area contributed by atoms with Crippen LogP contribution in [0, 0.1) is 0 Å². The Labute approximate surface area is 54.4 Å². The van der Waals surface area contributed by atoms with Crippen LogP contribution in [0.2, 0.25) is 0 Å². The van der Waals surface area contributed by atoms with E-state index in [1.165, 1.54) is 0 Å². The van der Waals surface area contributed by atoms with Crippen LogP contribution in [0.5, 0.6) is 0 Å². The molecule has 1 aliphatic heterocycles. The van der Waals surface area contributed by atoms with E-state index >= 15 is 0 Å². The van der Waals surface area contributed by atoms with Gasteiger partial charge in [0.2, 0.25) is 0 Å². The molecule has 1 atom stereocenters. The van der Waals surface area contributed by atoms with E-state index in [0.717, 1.165) is 0 Å². The van der Waals surface area contributed by atoms with Crippen LogP contribution in [0.4, 0.5) is 0 Å². The van der Waals surface area contributed by atoms with Gasteiger partial charge in [-0.2, -0.15) is 0 Å².